The third kappa shape index (κ3) is 5.00. The summed E-state index contributed by atoms with van der Waals surface area (Å²) in [6, 6.07) is 23.8. The van der Waals surface area contributed by atoms with Crippen LogP contribution in [0.4, 0.5) is 11.4 Å². The molecule has 1 fully saturated rings. The van der Waals surface area contributed by atoms with Gasteiger partial charge in [0.25, 0.3) is 5.91 Å². The highest BCUT2D eigenvalue weighted by atomic mass is 32.2. The Balaban J connectivity index is 1.35. The number of hydrogen-bond acceptors (Lipinski definition) is 5. The zero-order valence-corrected chi connectivity index (χ0v) is 18.3. The molecule has 6 nitrogen and oxygen atoms in total. The van der Waals surface area contributed by atoms with Gasteiger partial charge in [-0.3, -0.25) is 19.3 Å². The first kappa shape index (κ1) is 21.6. The summed E-state index contributed by atoms with van der Waals surface area (Å²) in [4.78, 5) is 37.7. The number of rotatable bonds is 7. The highest BCUT2D eigenvalue weighted by Crippen LogP contribution is 2.41. The monoisotopic (exact) mass is 446 g/mol. The lowest BCUT2D eigenvalue weighted by Gasteiger charge is -2.24. The Kier molecular flexibility index (Phi) is 6.56. The molecule has 0 aliphatic carbocycles. The average Bonchev–Trinajstić information content (AvgIpc) is 3.20. The average molecular weight is 447 g/mol. The van der Waals surface area contributed by atoms with Crippen LogP contribution in [0.3, 0.4) is 0 Å². The lowest BCUT2D eigenvalue weighted by molar-refractivity contribution is -0.118. The summed E-state index contributed by atoms with van der Waals surface area (Å²) in [6.45, 7) is 1.36. The fourth-order valence-electron chi connectivity index (χ4n) is 3.40. The molecule has 7 heteroatoms. The van der Waals surface area contributed by atoms with Gasteiger partial charge >= 0.3 is 0 Å². The van der Waals surface area contributed by atoms with Crippen molar-refractivity contribution < 1.29 is 19.1 Å². The quantitative estimate of drug-likeness (QED) is 0.533. The van der Waals surface area contributed by atoms with Crippen LogP contribution < -0.4 is 15.0 Å². The minimum absolute atomic E-state index is 0.0260. The van der Waals surface area contributed by atoms with Crippen LogP contribution in [0.1, 0.15) is 28.2 Å². The number of Topliss-reactive ketones (excluding diaryl/α,β-unsaturated/α-hetero) is 1. The van der Waals surface area contributed by atoms with Crippen LogP contribution in [-0.4, -0.2) is 30.0 Å². The van der Waals surface area contributed by atoms with Crippen LogP contribution in [0.25, 0.3) is 0 Å². The second kappa shape index (κ2) is 9.70. The molecule has 0 saturated carbocycles. The van der Waals surface area contributed by atoms with Gasteiger partial charge in [-0.2, -0.15) is 0 Å². The molecule has 4 rings (SSSR count). The van der Waals surface area contributed by atoms with Gasteiger partial charge in [0.2, 0.25) is 5.91 Å². The molecule has 1 heterocycles. The van der Waals surface area contributed by atoms with Crippen molar-refractivity contribution in [1.29, 1.82) is 0 Å². The van der Waals surface area contributed by atoms with Crippen molar-refractivity contribution >= 4 is 40.7 Å². The summed E-state index contributed by atoms with van der Waals surface area (Å²) in [7, 11) is 0. The van der Waals surface area contributed by atoms with Crippen LogP contribution in [-0.2, 0) is 9.59 Å². The largest absolute Gasteiger partial charge is 0.484 e. The smallest absolute Gasteiger partial charge is 0.262 e. The van der Waals surface area contributed by atoms with Crippen LogP contribution in [0.2, 0.25) is 0 Å². The van der Waals surface area contributed by atoms with Gasteiger partial charge in [0.05, 0.1) is 5.75 Å². The number of benzene rings is 3. The molecule has 2 amide bonds. The van der Waals surface area contributed by atoms with Crippen molar-refractivity contribution in [1.82, 2.24) is 0 Å². The van der Waals surface area contributed by atoms with E-state index in [9.17, 15) is 14.4 Å². The normalized spacial score (nSPS) is 15.5. The number of anilines is 2. The summed E-state index contributed by atoms with van der Waals surface area (Å²) >= 11 is 1.58. The Morgan fingerprint density at radius 3 is 2.34 bits per heavy atom. The Hall–Kier alpha value is -3.58. The zero-order valence-electron chi connectivity index (χ0n) is 17.5. The predicted molar refractivity (Wildman–Crippen MR) is 126 cm³/mol. The first-order valence-electron chi connectivity index (χ1n) is 10.1. The molecule has 1 aliphatic rings. The number of hydrogen-bond donors (Lipinski definition) is 1. The number of nitrogens with one attached hydrogen (secondary N) is 1. The lowest BCUT2D eigenvalue weighted by Crippen LogP contribution is -2.27. The number of carbonyl (C=O) groups is 3. The van der Waals surface area contributed by atoms with Crippen molar-refractivity contribution in [2.45, 2.75) is 12.3 Å². The van der Waals surface area contributed by atoms with Gasteiger partial charge in [0.1, 0.15) is 11.1 Å². The Morgan fingerprint density at radius 2 is 1.69 bits per heavy atom. The number of ether oxygens (including phenoxy) is 1. The molecule has 0 aromatic heterocycles. The third-order valence-corrected chi connectivity index (χ3v) is 6.22. The second-order valence-electron chi connectivity index (χ2n) is 7.30. The Labute approximate surface area is 190 Å². The van der Waals surface area contributed by atoms with E-state index in [1.165, 1.54) is 6.92 Å². The maximum atomic E-state index is 12.4. The molecule has 162 valence electrons. The summed E-state index contributed by atoms with van der Waals surface area (Å²) in [5.74, 6) is 0.764. The molecule has 0 bridgehead atoms. The lowest BCUT2D eigenvalue weighted by atomic mass is 10.1. The molecule has 1 N–H and O–H groups in total. The van der Waals surface area contributed by atoms with Gasteiger partial charge in [0, 0.05) is 16.9 Å². The van der Waals surface area contributed by atoms with Crippen LogP contribution in [0.5, 0.6) is 5.75 Å². The fraction of sp³-hybridized carbons (Fsp3) is 0.160. The zero-order chi connectivity index (χ0) is 22.5. The SMILES string of the molecule is CC(=O)c1ccc(NC(=O)COc2ccc(C3SCC(=O)N3c3ccccc3)cc2)cc1. The number of ketones is 1. The van der Waals surface area contributed by atoms with Gasteiger partial charge < -0.3 is 10.1 Å². The number of thioether (sulfide) groups is 1. The topological polar surface area (TPSA) is 75.7 Å². The van der Waals surface area contributed by atoms with Gasteiger partial charge in [-0.25, -0.2) is 0 Å². The third-order valence-electron chi connectivity index (χ3n) is 5.01. The maximum absolute atomic E-state index is 12.4. The molecule has 1 saturated heterocycles. The minimum Gasteiger partial charge on any atom is -0.484 e. The van der Waals surface area contributed by atoms with E-state index in [0.29, 0.717) is 22.8 Å². The molecule has 32 heavy (non-hydrogen) atoms. The second-order valence-corrected chi connectivity index (χ2v) is 8.37. The highest BCUT2D eigenvalue weighted by molar-refractivity contribution is 8.00. The fourth-order valence-corrected chi connectivity index (χ4v) is 4.58. The standard InChI is InChI=1S/C25H22N2O4S/c1-17(28)18-7-11-20(12-8-18)26-23(29)15-31-22-13-9-19(10-14-22)25-27(24(30)16-32-25)21-5-3-2-4-6-21/h2-14,25H,15-16H2,1H3,(H,26,29). The van der Waals surface area contributed by atoms with Gasteiger partial charge in [-0.1, -0.05) is 30.3 Å². The predicted octanol–water partition coefficient (Wildman–Crippen LogP) is 4.69. The van der Waals surface area contributed by atoms with Gasteiger partial charge in [0.15, 0.2) is 12.4 Å². The number of nitrogens with zero attached hydrogens (tertiary/aromatic N) is 1. The van der Waals surface area contributed by atoms with Crippen molar-refractivity contribution in [2.75, 3.05) is 22.6 Å². The molecule has 1 atom stereocenters. The van der Waals surface area contributed by atoms with Gasteiger partial charge in [-0.05, 0) is 61.0 Å². The summed E-state index contributed by atoms with van der Waals surface area (Å²) < 4.78 is 5.60. The Morgan fingerprint density at radius 1 is 1.00 bits per heavy atom. The molecule has 0 radical (unpaired) electrons. The summed E-state index contributed by atoms with van der Waals surface area (Å²) in [5, 5.41) is 2.64. The molecular formula is C25H22N2O4S. The summed E-state index contributed by atoms with van der Waals surface area (Å²) in [5.41, 5.74) is 3.06. The molecule has 3 aromatic rings. The van der Waals surface area contributed by atoms with Crippen molar-refractivity contribution in [3.05, 3.63) is 90.0 Å². The molecule has 1 unspecified atom stereocenters. The molecule has 3 aromatic carbocycles. The maximum Gasteiger partial charge on any atom is 0.262 e. The van der Waals surface area contributed by atoms with Gasteiger partial charge in [-0.15, -0.1) is 11.8 Å². The first-order valence-corrected chi connectivity index (χ1v) is 11.2. The van der Waals surface area contributed by atoms with E-state index in [1.807, 2.05) is 47.4 Å². The van der Waals surface area contributed by atoms with Crippen LogP contribution >= 0.6 is 11.8 Å². The van der Waals surface area contributed by atoms with E-state index in [0.717, 1.165) is 11.3 Å². The van der Waals surface area contributed by atoms with E-state index in [2.05, 4.69) is 5.32 Å². The van der Waals surface area contributed by atoms with Crippen molar-refractivity contribution in [3.8, 4) is 5.75 Å². The Bertz CT molecular complexity index is 1110. The van der Waals surface area contributed by atoms with Crippen LogP contribution in [0.15, 0.2) is 78.9 Å². The molecule has 0 spiro atoms. The van der Waals surface area contributed by atoms with Crippen molar-refractivity contribution in [2.24, 2.45) is 0 Å². The molecule has 1 aliphatic heterocycles. The first-order chi connectivity index (χ1) is 15.5. The van der Waals surface area contributed by atoms with Crippen LogP contribution in [0, 0.1) is 0 Å². The highest BCUT2D eigenvalue weighted by Gasteiger charge is 2.33. The van der Waals surface area contributed by atoms with E-state index < -0.39 is 0 Å². The summed E-state index contributed by atoms with van der Waals surface area (Å²) in [6.07, 6.45) is 0. The van der Waals surface area contributed by atoms with E-state index in [1.54, 1.807) is 48.2 Å². The van der Waals surface area contributed by atoms with Crippen molar-refractivity contribution in [3.63, 3.8) is 0 Å². The van der Waals surface area contributed by atoms with E-state index >= 15 is 0 Å². The van der Waals surface area contributed by atoms with E-state index in [-0.39, 0.29) is 29.6 Å². The van der Waals surface area contributed by atoms with E-state index in [4.69, 9.17) is 4.74 Å². The molecular weight excluding hydrogens is 424 g/mol. The minimum atomic E-state index is -0.295. The number of para-hydroxylation sites is 1. The number of carbonyl (C=O) groups excluding carboxylic acids is 3. The number of amides is 2.